The minimum Gasteiger partial charge on any atom is -0.490 e. The molecule has 0 spiro atoms. The number of anilines is 2. The molecule has 3 rings (SSSR count). The summed E-state index contributed by atoms with van der Waals surface area (Å²) in [4.78, 5) is 15.2. The first-order valence-corrected chi connectivity index (χ1v) is 8.40. The topological polar surface area (TPSA) is 41.6 Å². The van der Waals surface area contributed by atoms with Crippen molar-refractivity contribution in [1.29, 1.82) is 0 Å². The molecule has 0 fully saturated rings. The van der Waals surface area contributed by atoms with Crippen LogP contribution < -0.4 is 15.0 Å². The summed E-state index contributed by atoms with van der Waals surface area (Å²) in [5.41, 5.74) is 1.06. The number of hydrogen-bond acceptors (Lipinski definition) is 4. The first-order valence-electron chi connectivity index (χ1n) is 7.59. The van der Waals surface area contributed by atoms with Crippen LogP contribution in [0.25, 0.3) is 0 Å². The molecule has 0 radical (unpaired) electrons. The quantitative estimate of drug-likeness (QED) is 0.932. The van der Waals surface area contributed by atoms with Gasteiger partial charge in [-0.1, -0.05) is 19.1 Å². The fourth-order valence-electron chi connectivity index (χ4n) is 2.39. The van der Waals surface area contributed by atoms with Crippen molar-refractivity contribution in [3.05, 3.63) is 41.3 Å². The Kier molecular flexibility index (Phi) is 4.34. The van der Waals surface area contributed by atoms with Gasteiger partial charge in [-0.3, -0.25) is 4.79 Å². The van der Waals surface area contributed by atoms with Crippen molar-refractivity contribution in [2.45, 2.75) is 26.3 Å². The van der Waals surface area contributed by atoms with Gasteiger partial charge in [0, 0.05) is 6.04 Å². The molecule has 4 nitrogen and oxygen atoms in total. The van der Waals surface area contributed by atoms with Gasteiger partial charge < -0.3 is 15.0 Å². The highest BCUT2D eigenvalue weighted by molar-refractivity contribution is 7.18. The molecule has 116 valence electrons. The van der Waals surface area contributed by atoms with E-state index >= 15 is 0 Å². The molecule has 0 aliphatic carbocycles. The Labute approximate surface area is 134 Å². The Morgan fingerprint density at radius 3 is 3.00 bits per heavy atom. The van der Waals surface area contributed by atoms with Crippen molar-refractivity contribution in [2.75, 3.05) is 18.1 Å². The average Bonchev–Trinajstić information content (AvgIpc) is 3.04. The number of thiophene rings is 1. The van der Waals surface area contributed by atoms with Crippen LogP contribution in [-0.2, 0) is 0 Å². The molecule has 1 aliphatic rings. The number of amides is 1. The molecule has 22 heavy (non-hydrogen) atoms. The lowest BCUT2D eigenvalue weighted by molar-refractivity contribution is 0.0943. The van der Waals surface area contributed by atoms with Crippen LogP contribution in [0.15, 0.2) is 36.4 Å². The molecule has 2 aromatic rings. The lowest BCUT2D eigenvalue weighted by atomic mass is 10.2. The second kappa shape index (κ2) is 6.40. The summed E-state index contributed by atoms with van der Waals surface area (Å²) in [6, 6.07) is 12.1. The van der Waals surface area contributed by atoms with Gasteiger partial charge in [0.2, 0.25) is 0 Å². The fraction of sp³-hybridized carbons (Fsp3) is 0.353. The van der Waals surface area contributed by atoms with E-state index in [0.29, 0.717) is 6.61 Å². The molecule has 1 atom stereocenters. The van der Waals surface area contributed by atoms with Crippen molar-refractivity contribution in [2.24, 2.45) is 0 Å². The number of ether oxygens (including phenoxy) is 1. The third-order valence-corrected chi connectivity index (χ3v) is 4.91. The van der Waals surface area contributed by atoms with Crippen LogP contribution in [-0.4, -0.2) is 25.1 Å². The van der Waals surface area contributed by atoms with Crippen LogP contribution in [0.5, 0.6) is 5.75 Å². The average molecular weight is 316 g/mol. The van der Waals surface area contributed by atoms with Crippen LogP contribution in [0, 0.1) is 0 Å². The Bertz CT molecular complexity index is 668. The molecule has 0 saturated heterocycles. The summed E-state index contributed by atoms with van der Waals surface area (Å²) in [6.07, 6.45) is 0.931. The maximum absolute atomic E-state index is 12.2. The van der Waals surface area contributed by atoms with Crippen LogP contribution in [0.1, 0.15) is 29.9 Å². The van der Waals surface area contributed by atoms with E-state index in [1.165, 1.54) is 11.3 Å². The smallest absolute Gasteiger partial charge is 0.261 e. The Morgan fingerprint density at radius 1 is 1.36 bits per heavy atom. The zero-order chi connectivity index (χ0) is 15.5. The zero-order valence-corrected chi connectivity index (χ0v) is 13.7. The Hall–Kier alpha value is -2.01. The minimum atomic E-state index is 0.00662. The summed E-state index contributed by atoms with van der Waals surface area (Å²) in [7, 11) is 0. The highest BCUT2D eigenvalue weighted by atomic mass is 32.1. The summed E-state index contributed by atoms with van der Waals surface area (Å²) in [5, 5.41) is 4.08. The normalized spacial score (nSPS) is 14.9. The summed E-state index contributed by atoms with van der Waals surface area (Å²) >= 11 is 1.52. The highest BCUT2D eigenvalue weighted by Gasteiger charge is 2.21. The molecule has 0 bridgehead atoms. The maximum Gasteiger partial charge on any atom is 0.261 e. The Morgan fingerprint density at radius 2 is 2.18 bits per heavy atom. The lowest BCUT2D eigenvalue weighted by Crippen LogP contribution is -2.31. The zero-order valence-electron chi connectivity index (χ0n) is 12.8. The molecular formula is C17H20N2O2S. The third-order valence-electron chi connectivity index (χ3n) is 3.80. The van der Waals surface area contributed by atoms with E-state index in [2.05, 4.69) is 17.1 Å². The second-order valence-corrected chi connectivity index (χ2v) is 6.45. The lowest BCUT2D eigenvalue weighted by Gasteiger charge is -2.29. The molecule has 1 unspecified atom stereocenters. The van der Waals surface area contributed by atoms with Gasteiger partial charge in [0.05, 0.1) is 22.1 Å². The van der Waals surface area contributed by atoms with E-state index in [0.717, 1.165) is 34.3 Å². The number of hydrogen-bond donors (Lipinski definition) is 1. The minimum absolute atomic E-state index is 0.00662. The number of nitrogens with one attached hydrogen (secondary N) is 1. The van der Waals surface area contributed by atoms with Crippen LogP contribution in [0.4, 0.5) is 10.7 Å². The van der Waals surface area contributed by atoms with Gasteiger partial charge >= 0.3 is 0 Å². The predicted octanol–water partition coefficient (Wildman–Crippen LogP) is 3.81. The van der Waals surface area contributed by atoms with E-state index in [1.54, 1.807) is 0 Å². The third kappa shape index (κ3) is 2.95. The number of nitrogens with zero attached hydrogens (tertiary/aromatic N) is 1. The van der Waals surface area contributed by atoms with Crippen molar-refractivity contribution in [3.8, 4) is 5.75 Å². The standard InChI is InChI=1S/C17H20N2O2S/c1-3-12(2)18-17(20)15-8-9-16(22-15)19-10-11-21-14-7-5-4-6-13(14)19/h4-9,12H,3,10-11H2,1-2H3,(H,18,20). The number of carbonyl (C=O) groups is 1. The molecule has 1 aromatic carbocycles. The van der Waals surface area contributed by atoms with Crippen LogP contribution >= 0.6 is 11.3 Å². The van der Waals surface area contributed by atoms with E-state index < -0.39 is 0 Å². The number of benzene rings is 1. The molecule has 0 saturated carbocycles. The van der Waals surface area contributed by atoms with Crippen molar-refractivity contribution < 1.29 is 9.53 Å². The predicted molar refractivity (Wildman–Crippen MR) is 90.5 cm³/mol. The van der Waals surface area contributed by atoms with Gasteiger partial charge in [0.15, 0.2) is 0 Å². The van der Waals surface area contributed by atoms with E-state index in [9.17, 15) is 4.79 Å². The van der Waals surface area contributed by atoms with E-state index in [1.807, 2.05) is 43.3 Å². The first-order chi connectivity index (χ1) is 10.7. The molecule has 2 heterocycles. The van der Waals surface area contributed by atoms with Gasteiger partial charge in [-0.25, -0.2) is 0 Å². The summed E-state index contributed by atoms with van der Waals surface area (Å²) in [5.74, 6) is 0.903. The number of carbonyl (C=O) groups excluding carboxylic acids is 1. The maximum atomic E-state index is 12.2. The molecular weight excluding hydrogens is 296 g/mol. The van der Waals surface area contributed by atoms with E-state index in [-0.39, 0.29) is 11.9 Å². The first kappa shape index (κ1) is 14.9. The number of rotatable bonds is 4. The number of fused-ring (bicyclic) bond motifs is 1. The van der Waals surface area contributed by atoms with E-state index in [4.69, 9.17) is 4.74 Å². The summed E-state index contributed by atoms with van der Waals surface area (Å²) in [6.45, 7) is 5.54. The van der Waals surface area contributed by atoms with Crippen molar-refractivity contribution in [1.82, 2.24) is 5.32 Å². The summed E-state index contributed by atoms with van der Waals surface area (Å²) < 4.78 is 5.68. The van der Waals surface area contributed by atoms with Crippen molar-refractivity contribution in [3.63, 3.8) is 0 Å². The van der Waals surface area contributed by atoms with Gasteiger partial charge in [0.1, 0.15) is 12.4 Å². The Balaban J connectivity index is 1.82. The van der Waals surface area contributed by atoms with Gasteiger partial charge in [-0.15, -0.1) is 11.3 Å². The molecule has 1 aromatic heterocycles. The highest BCUT2D eigenvalue weighted by Crippen LogP contribution is 2.39. The molecule has 1 aliphatic heterocycles. The SMILES string of the molecule is CCC(C)NC(=O)c1ccc(N2CCOc3ccccc32)s1. The molecule has 1 N–H and O–H groups in total. The molecule has 5 heteroatoms. The second-order valence-electron chi connectivity index (χ2n) is 5.39. The van der Waals surface area contributed by atoms with Crippen LogP contribution in [0.3, 0.4) is 0 Å². The number of para-hydroxylation sites is 2. The fourth-order valence-corrected chi connectivity index (χ4v) is 3.34. The van der Waals surface area contributed by atoms with Gasteiger partial charge in [0.25, 0.3) is 5.91 Å². The van der Waals surface area contributed by atoms with Crippen LogP contribution in [0.2, 0.25) is 0 Å². The monoisotopic (exact) mass is 316 g/mol. The van der Waals surface area contributed by atoms with Gasteiger partial charge in [-0.05, 0) is 37.6 Å². The molecule has 1 amide bonds. The van der Waals surface area contributed by atoms with Gasteiger partial charge in [-0.2, -0.15) is 0 Å². The van der Waals surface area contributed by atoms with Crippen molar-refractivity contribution >= 4 is 27.9 Å². The largest absolute Gasteiger partial charge is 0.490 e.